The summed E-state index contributed by atoms with van der Waals surface area (Å²) in [6, 6.07) is 16.3. The van der Waals surface area contributed by atoms with E-state index < -0.39 is 0 Å². The van der Waals surface area contributed by atoms with Crippen LogP contribution in [-0.4, -0.2) is 25.8 Å². The summed E-state index contributed by atoms with van der Waals surface area (Å²) in [7, 11) is 0. The lowest BCUT2D eigenvalue weighted by molar-refractivity contribution is 0.0946. The number of anilines is 2. The minimum atomic E-state index is -0.272. The molecular formula is C27H25N7OS. The van der Waals surface area contributed by atoms with Crippen LogP contribution < -0.4 is 16.4 Å². The van der Waals surface area contributed by atoms with Gasteiger partial charge in [0.05, 0.1) is 12.1 Å². The number of amides is 1. The number of carbonyl (C=O) groups excluding carboxylic acids is 1. The standard InChI is InChI=1S/C27H25N7OS/c1-16-3-4-18(11-17(16)2)13-32-27(35)24-26(30-10-9-29-24)31-14-20-6-8-23(36-20)19-5-7-22-21(12-19)25(28)34-15-33-22/h3-12,15H,13-14H2,1-2H3,(H,30,31)(H,32,35)(H2,28,33,34). The third kappa shape index (κ3) is 5.01. The van der Waals surface area contributed by atoms with Crippen molar-refractivity contribution in [3.63, 3.8) is 0 Å². The van der Waals surface area contributed by atoms with Crippen molar-refractivity contribution in [3.05, 3.63) is 94.5 Å². The fraction of sp³-hybridized carbons (Fsp3) is 0.148. The van der Waals surface area contributed by atoms with Gasteiger partial charge in [0.2, 0.25) is 0 Å². The molecule has 3 aromatic heterocycles. The summed E-state index contributed by atoms with van der Waals surface area (Å²) < 4.78 is 0. The van der Waals surface area contributed by atoms with Gasteiger partial charge in [-0.15, -0.1) is 11.3 Å². The highest BCUT2D eigenvalue weighted by Gasteiger charge is 2.15. The van der Waals surface area contributed by atoms with E-state index in [0.717, 1.165) is 31.8 Å². The number of hydrogen-bond donors (Lipinski definition) is 3. The van der Waals surface area contributed by atoms with Crippen LogP contribution in [-0.2, 0) is 13.1 Å². The average molecular weight is 496 g/mol. The lowest BCUT2D eigenvalue weighted by atomic mass is 10.1. The lowest BCUT2D eigenvalue weighted by Crippen LogP contribution is -2.25. The van der Waals surface area contributed by atoms with Crippen LogP contribution in [0.4, 0.5) is 11.6 Å². The zero-order valence-electron chi connectivity index (χ0n) is 19.9. The molecule has 180 valence electrons. The molecule has 0 radical (unpaired) electrons. The van der Waals surface area contributed by atoms with Crippen molar-refractivity contribution in [2.45, 2.75) is 26.9 Å². The van der Waals surface area contributed by atoms with Crippen LogP contribution in [0, 0.1) is 13.8 Å². The van der Waals surface area contributed by atoms with Crippen LogP contribution in [0.15, 0.2) is 67.3 Å². The molecule has 0 aliphatic rings. The summed E-state index contributed by atoms with van der Waals surface area (Å²) in [5.41, 5.74) is 11.6. The lowest BCUT2D eigenvalue weighted by Gasteiger charge is -2.10. The van der Waals surface area contributed by atoms with Gasteiger partial charge in [0.1, 0.15) is 12.1 Å². The molecule has 8 nitrogen and oxygen atoms in total. The van der Waals surface area contributed by atoms with Crippen LogP contribution in [0.2, 0.25) is 0 Å². The summed E-state index contributed by atoms with van der Waals surface area (Å²) >= 11 is 1.65. The van der Waals surface area contributed by atoms with Gasteiger partial charge in [-0.1, -0.05) is 24.3 Å². The molecule has 0 fully saturated rings. The predicted molar refractivity (Wildman–Crippen MR) is 144 cm³/mol. The molecule has 0 aliphatic heterocycles. The Labute approximate surface area is 212 Å². The van der Waals surface area contributed by atoms with Crippen LogP contribution >= 0.6 is 11.3 Å². The highest BCUT2D eigenvalue weighted by molar-refractivity contribution is 7.15. The fourth-order valence-electron chi connectivity index (χ4n) is 3.84. The molecule has 0 saturated carbocycles. The number of aromatic nitrogens is 4. The van der Waals surface area contributed by atoms with Crippen molar-refractivity contribution < 1.29 is 4.79 Å². The first-order valence-electron chi connectivity index (χ1n) is 11.5. The van der Waals surface area contributed by atoms with Gasteiger partial charge in [0.25, 0.3) is 5.91 Å². The highest BCUT2D eigenvalue weighted by atomic mass is 32.1. The Morgan fingerprint density at radius 2 is 1.78 bits per heavy atom. The molecule has 0 aliphatic carbocycles. The molecule has 0 spiro atoms. The molecule has 9 heteroatoms. The molecule has 0 atom stereocenters. The first kappa shape index (κ1) is 23.4. The summed E-state index contributed by atoms with van der Waals surface area (Å²) in [5.74, 6) is 0.638. The Bertz CT molecular complexity index is 1560. The smallest absolute Gasteiger partial charge is 0.273 e. The third-order valence-corrected chi connectivity index (χ3v) is 7.11. The van der Waals surface area contributed by atoms with Crippen LogP contribution in [0.3, 0.4) is 0 Å². The maximum absolute atomic E-state index is 12.9. The number of carbonyl (C=O) groups is 1. The monoisotopic (exact) mass is 495 g/mol. The van der Waals surface area contributed by atoms with E-state index in [1.807, 2.05) is 24.3 Å². The number of nitrogens with two attached hydrogens (primary N) is 1. The van der Waals surface area contributed by atoms with Gasteiger partial charge in [-0.3, -0.25) is 4.79 Å². The second-order valence-electron chi connectivity index (χ2n) is 8.47. The number of benzene rings is 2. The van der Waals surface area contributed by atoms with Crippen LogP contribution in [0.1, 0.15) is 32.1 Å². The van der Waals surface area contributed by atoms with Gasteiger partial charge >= 0.3 is 0 Å². The molecule has 3 heterocycles. The Morgan fingerprint density at radius 1 is 0.917 bits per heavy atom. The van der Waals surface area contributed by atoms with Crippen molar-refractivity contribution >= 4 is 39.8 Å². The van der Waals surface area contributed by atoms with E-state index in [4.69, 9.17) is 5.73 Å². The molecule has 1 amide bonds. The second-order valence-corrected chi connectivity index (χ2v) is 9.63. The molecule has 0 bridgehead atoms. The summed E-state index contributed by atoms with van der Waals surface area (Å²) in [5, 5.41) is 7.04. The van der Waals surface area contributed by atoms with Crippen LogP contribution in [0.5, 0.6) is 0 Å². The first-order valence-corrected chi connectivity index (χ1v) is 12.3. The van der Waals surface area contributed by atoms with Gasteiger partial charge < -0.3 is 16.4 Å². The largest absolute Gasteiger partial charge is 0.383 e. The van der Waals surface area contributed by atoms with E-state index in [2.05, 4.69) is 68.7 Å². The maximum Gasteiger partial charge on any atom is 0.273 e. The minimum Gasteiger partial charge on any atom is -0.383 e. The predicted octanol–water partition coefficient (Wildman–Crippen LogP) is 4.89. The van der Waals surface area contributed by atoms with Gasteiger partial charge in [0, 0.05) is 34.1 Å². The Kier molecular flexibility index (Phi) is 6.55. The highest BCUT2D eigenvalue weighted by Crippen LogP contribution is 2.31. The van der Waals surface area contributed by atoms with E-state index >= 15 is 0 Å². The number of thiophene rings is 1. The molecule has 4 N–H and O–H groups in total. The molecule has 0 unspecified atom stereocenters. The number of hydrogen-bond acceptors (Lipinski definition) is 8. The van der Waals surface area contributed by atoms with E-state index in [9.17, 15) is 4.79 Å². The number of fused-ring (bicyclic) bond motifs is 1. The van der Waals surface area contributed by atoms with Crippen molar-refractivity contribution in [1.82, 2.24) is 25.3 Å². The van der Waals surface area contributed by atoms with Gasteiger partial charge in [-0.05, 0) is 60.4 Å². The topological polar surface area (TPSA) is 119 Å². The van der Waals surface area contributed by atoms with E-state index in [-0.39, 0.29) is 11.6 Å². The van der Waals surface area contributed by atoms with E-state index in [1.165, 1.54) is 23.7 Å². The Morgan fingerprint density at radius 3 is 2.64 bits per heavy atom. The summed E-state index contributed by atoms with van der Waals surface area (Å²) in [6.07, 6.45) is 4.56. The average Bonchev–Trinajstić information content (AvgIpc) is 3.37. The maximum atomic E-state index is 12.9. The zero-order chi connectivity index (χ0) is 25.1. The molecule has 36 heavy (non-hydrogen) atoms. The first-order chi connectivity index (χ1) is 17.5. The number of rotatable bonds is 7. The van der Waals surface area contributed by atoms with Crippen molar-refractivity contribution in [3.8, 4) is 10.4 Å². The molecule has 2 aromatic carbocycles. The van der Waals surface area contributed by atoms with Gasteiger partial charge in [0.15, 0.2) is 11.5 Å². The summed E-state index contributed by atoms with van der Waals surface area (Å²) in [4.78, 5) is 32.0. The Hall–Kier alpha value is -4.37. The molecule has 5 aromatic rings. The quantitative estimate of drug-likeness (QED) is 0.294. The van der Waals surface area contributed by atoms with Crippen molar-refractivity contribution in [2.24, 2.45) is 0 Å². The van der Waals surface area contributed by atoms with Crippen molar-refractivity contribution in [1.29, 1.82) is 0 Å². The fourth-order valence-corrected chi connectivity index (χ4v) is 4.79. The molecule has 5 rings (SSSR count). The normalized spacial score (nSPS) is 10.9. The minimum absolute atomic E-state index is 0.267. The number of nitrogen functional groups attached to an aromatic ring is 1. The van der Waals surface area contributed by atoms with Gasteiger partial charge in [-0.2, -0.15) is 0 Å². The zero-order valence-corrected chi connectivity index (χ0v) is 20.8. The Balaban J connectivity index is 1.26. The van der Waals surface area contributed by atoms with E-state index in [1.54, 1.807) is 17.5 Å². The third-order valence-electron chi connectivity index (χ3n) is 5.98. The number of nitrogens with zero attached hydrogens (tertiary/aromatic N) is 4. The second kappa shape index (κ2) is 10.1. The van der Waals surface area contributed by atoms with Gasteiger partial charge in [-0.25, -0.2) is 19.9 Å². The SMILES string of the molecule is Cc1ccc(CNC(=O)c2nccnc2NCc2ccc(-c3ccc4ncnc(N)c4c3)s2)cc1C. The molecular weight excluding hydrogens is 470 g/mol. The number of nitrogens with one attached hydrogen (secondary N) is 2. The summed E-state index contributed by atoms with van der Waals surface area (Å²) in [6.45, 7) is 5.06. The number of aryl methyl sites for hydroxylation is 2. The van der Waals surface area contributed by atoms with Crippen LogP contribution in [0.25, 0.3) is 21.3 Å². The van der Waals surface area contributed by atoms with Crippen molar-refractivity contribution in [2.75, 3.05) is 11.1 Å². The molecule has 0 saturated heterocycles. The van der Waals surface area contributed by atoms with E-state index in [0.29, 0.717) is 24.7 Å².